The lowest BCUT2D eigenvalue weighted by molar-refractivity contribution is 0.312. The molecule has 0 spiro atoms. The van der Waals surface area contributed by atoms with E-state index in [4.69, 9.17) is 4.52 Å². The molecule has 14 heavy (non-hydrogen) atoms. The molecule has 1 fully saturated rings. The fourth-order valence-corrected chi connectivity index (χ4v) is 1.76. The molecule has 1 saturated heterocycles. The maximum absolute atomic E-state index is 5.09. The SMILES string of the molecule is Cc1noc(CC2CCNCC2)n1.Cl. The summed E-state index contributed by atoms with van der Waals surface area (Å²) in [6.07, 6.45) is 3.39. The van der Waals surface area contributed by atoms with Crippen molar-refractivity contribution in [3.05, 3.63) is 11.7 Å². The normalized spacial score (nSPS) is 17.8. The minimum atomic E-state index is 0. The van der Waals surface area contributed by atoms with Crippen molar-refractivity contribution in [1.82, 2.24) is 15.5 Å². The predicted octanol–water partition coefficient (Wildman–Crippen LogP) is 1.34. The lowest BCUT2D eigenvalue weighted by Crippen LogP contribution is -2.28. The molecule has 0 radical (unpaired) electrons. The highest BCUT2D eigenvalue weighted by Gasteiger charge is 2.16. The zero-order valence-electron chi connectivity index (χ0n) is 8.32. The Hall–Kier alpha value is -0.610. The van der Waals surface area contributed by atoms with E-state index in [9.17, 15) is 0 Å². The van der Waals surface area contributed by atoms with Gasteiger partial charge in [0.2, 0.25) is 5.89 Å². The average molecular weight is 218 g/mol. The van der Waals surface area contributed by atoms with E-state index in [0.29, 0.717) is 0 Å². The van der Waals surface area contributed by atoms with Gasteiger partial charge in [-0.3, -0.25) is 0 Å². The third-order valence-electron chi connectivity index (χ3n) is 2.49. The number of aromatic nitrogens is 2. The molecule has 0 unspecified atom stereocenters. The summed E-state index contributed by atoms with van der Waals surface area (Å²) in [5.41, 5.74) is 0. The quantitative estimate of drug-likeness (QED) is 0.813. The summed E-state index contributed by atoms with van der Waals surface area (Å²) in [6.45, 7) is 4.10. The Morgan fingerprint density at radius 2 is 2.14 bits per heavy atom. The molecule has 2 rings (SSSR count). The number of rotatable bonds is 2. The van der Waals surface area contributed by atoms with Gasteiger partial charge in [0.05, 0.1) is 0 Å². The molecule has 0 atom stereocenters. The molecule has 1 aromatic rings. The number of nitrogens with one attached hydrogen (secondary N) is 1. The minimum Gasteiger partial charge on any atom is -0.339 e. The summed E-state index contributed by atoms with van der Waals surface area (Å²) in [7, 11) is 0. The van der Waals surface area contributed by atoms with Gasteiger partial charge in [-0.1, -0.05) is 5.16 Å². The largest absolute Gasteiger partial charge is 0.339 e. The first kappa shape index (κ1) is 11.5. The van der Waals surface area contributed by atoms with Crippen molar-refractivity contribution in [3.8, 4) is 0 Å². The first-order valence-electron chi connectivity index (χ1n) is 4.84. The lowest BCUT2D eigenvalue weighted by atomic mass is 9.95. The number of hydrogen-bond acceptors (Lipinski definition) is 4. The zero-order valence-corrected chi connectivity index (χ0v) is 9.14. The fraction of sp³-hybridized carbons (Fsp3) is 0.778. The van der Waals surface area contributed by atoms with E-state index in [-0.39, 0.29) is 12.4 Å². The second-order valence-electron chi connectivity index (χ2n) is 3.63. The Morgan fingerprint density at radius 3 is 2.71 bits per heavy atom. The number of piperidine rings is 1. The van der Waals surface area contributed by atoms with Crippen LogP contribution in [0.15, 0.2) is 4.52 Å². The molecule has 0 saturated carbocycles. The molecule has 1 aliphatic rings. The molecule has 0 aromatic carbocycles. The second-order valence-corrected chi connectivity index (χ2v) is 3.63. The Bertz CT molecular complexity index is 271. The van der Waals surface area contributed by atoms with E-state index >= 15 is 0 Å². The molecule has 1 aromatic heterocycles. The van der Waals surface area contributed by atoms with E-state index in [1.807, 2.05) is 6.92 Å². The minimum absolute atomic E-state index is 0. The van der Waals surface area contributed by atoms with E-state index in [2.05, 4.69) is 15.5 Å². The molecule has 0 amide bonds. The van der Waals surface area contributed by atoms with Crippen LogP contribution in [0.1, 0.15) is 24.6 Å². The third kappa shape index (κ3) is 2.96. The topological polar surface area (TPSA) is 51.0 Å². The second kappa shape index (κ2) is 5.32. The number of hydrogen-bond donors (Lipinski definition) is 1. The molecular weight excluding hydrogens is 202 g/mol. The summed E-state index contributed by atoms with van der Waals surface area (Å²) in [5, 5.41) is 7.12. The molecule has 2 heterocycles. The van der Waals surface area contributed by atoms with Crippen LogP contribution in [0.2, 0.25) is 0 Å². The highest BCUT2D eigenvalue weighted by molar-refractivity contribution is 5.85. The van der Waals surface area contributed by atoms with Gasteiger partial charge in [0.25, 0.3) is 0 Å². The predicted molar refractivity (Wildman–Crippen MR) is 55.6 cm³/mol. The highest BCUT2D eigenvalue weighted by atomic mass is 35.5. The summed E-state index contributed by atoms with van der Waals surface area (Å²) < 4.78 is 5.09. The molecule has 80 valence electrons. The van der Waals surface area contributed by atoms with Crippen LogP contribution < -0.4 is 5.32 Å². The van der Waals surface area contributed by atoms with E-state index in [1.54, 1.807) is 0 Å². The molecule has 0 bridgehead atoms. The van der Waals surface area contributed by atoms with Crippen LogP contribution >= 0.6 is 12.4 Å². The van der Waals surface area contributed by atoms with Crippen LogP contribution in [0.25, 0.3) is 0 Å². The van der Waals surface area contributed by atoms with Gasteiger partial charge >= 0.3 is 0 Å². The van der Waals surface area contributed by atoms with Crippen molar-refractivity contribution in [2.45, 2.75) is 26.2 Å². The van der Waals surface area contributed by atoms with Crippen molar-refractivity contribution >= 4 is 12.4 Å². The van der Waals surface area contributed by atoms with Crippen molar-refractivity contribution in [3.63, 3.8) is 0 Å². The van der Waals surface area contributed by atoms with Crippen LogP contribution in [-0.2, 0) is 6.42 Å². The number of nitrogens with zero attached hydrogens (tertiary/aromatic N) is 2. The van der Waals surface area contributed by atoms with Crippen molar-refractivity contribution in [1.29, 1.82) is 0 Å². The summed E-state index contributed by atoms with van der Waals surface area (Å²) in [5.74, 6) is 2.26. The zero-order chi connectivity index (χ0) is 9.10. The first-order chi connectivity index (χ1) is 6.34. The standard InChI is InChI=1S/C9H15N3O.ClH/c1-7-11-9(13-12-7)6-8-2-4-10-5-3-8;/h8,10H,2-6H2,1H3;1H. The molecule has 1 N–H and O–H groups in total. The maximum Gasteiger partial charge on any atom is 0.226 e. The Morgan fingerprint density at radius 1 is 1.43 bits per heavy atom. The summed E-state index contributed by atoms with van der Waals surface area (Å²) in [4.78, 5) is 4.21. The average Bonchev–Trinajstić information content (AvgIpc) is 2.53. The summed E-state index contributed by atoms with van der Waals surface area (Å²) >= 11 is 0. The number of aryl methyl sites for hydroxylation is 1. The van der Waals surface area contributed by atoms with Gasteiger partial charge in [0.1, 0.15) is 0 Å². The van der Waals surface area contributed by atoms with E-state index < -0.39 is 0 Å². The molecule has 4 nitrogen and oxygen atoms in total. The van der Waals surface area contributed by atoms with E-state index in [1.165, 1.54) is 12.8 Å². The Labute approximate surface area is 89.9 Å². The van der Waals surface area contributed by atoms with Gasteiger partial charge in [-0.15, -0.1) is 12.4 Å². The van der Waals surface area contributed by atoms with Crippen molar-refractivity contribution < 1.29 is 4.52 Å². The third-order valence-corrected chi connectivity index (χ3v) is 2.49. The van der Waals surface area contributed by atoms with Gasteiger partial charge < -0.3 is 9.84 Å². The molecular formula is C9H16ClN3O. The van der Waals surface area contributed by atoms with Gasteiger partial charge in [-0.2, -0.15) is 4.98 Å². The Balaban J connectivity index is 0.000000980. The first-order valence-corrected chi connectivity index (χ1v) is 4.84. The van der Waals surface area contributed by atoms with E-state index in [0.717, 1.165) is 37.1 Å². The fourth-order valence-electron chi connectivity index (χ4n) is 1.76. The van der Waals surface area contributed by atoms with Crippen molar-refractivity contribution in [2.24, 2.45) is 5.92 Å². The van der Waals surface area contributed by atoms with Crippen molar-refractivity contribution in [2.75, 3.05) is 13.1 Å². The Kier molecular flexibility index (Phi) is 4.35. The van der Waals surface area contributed by atoms with Crippen LogP contribution in [0, 0.1) is 12.8 Å². The lowest BCUT2D eigenvalue weighted by Gasteiger charge is -2.20. The van der Waals surface area contributed by atoms with Gasteiger partial charge in [-0.25, -0.2) is 0 Å². The molecule has 0 aliphatic carbocycles. The highest BCUT2D eigenvalue weighted by Crippen LogP contribution is 2.16. The monoisotopic (exact) mass is 217 g/mol. The summed E-state index contributed by atoms with van der Waals surface area (Å²) in [6, 6.07) is 0. The van der Waals surface area contributed by atoms with Crippen LogP contribution in [-0.4, -0.2) is 23.2 Å². The van der Waals surface area contributed by atoms with Gasteiger partial charge in [0, 0.05) is 6.42 Å². The van der Waals surface area contributed by atoms with Gasteiger partial charge in [0.15, 0.2) is 5.82 Å². The van der Waals surface area contributed by atoms with Crippen LogP contribution in [0.3, 0.4) is 0 Å². The molecule has 1 aliphatic heterocycles. The van der Waals surface area contributed by atoms with Crippen LogP contribution in [0.5, 0.6) is 0 Å². The van der Waals surface area contributed by atoms with Gasteiger partial charge in [-0.05, 0) is 38.8 Å². The molecule has 5 heteroatoms. The number of halogens is 1. The maximum atomic E-state index is 5.09. The smallest absolute Gasteiger partial charge is 0.226 e. The van der Waals surface area contributed by atoms with Crippen LogP contribution in [0.4, 0.5) is 0 Å².